The number of rotatable bonds is 3. The molecule has 0 bridgehead atoms. The Bertz CT molecular complexity index is 1600. The third-order valence-electron chi connectivity index (χ3n) is 7.47. The highest BCUT2D eigenvalue weighted by molar-refractivity contribution is 6.06. The number of anilines is 1. The number of benzene rings is 4. The molecule has 3 atom stereocenters. The van der Waals surface area contributed by atoms with Gasteiger partial charge in [0.25, 0.3) is 0 Å². The molecule has 36 heavy (non-hydrogen) atoms. The third kappa shape index (κ3) is 3.00. The molecule has 6 rings (SSSR count). The van der Waals surface area contributed by atoms with Gasteiger partial charge in [0.2, 0.25) is 0 Å². The molecule has 0 radical (unpaired) electrons. The fourth-order valence-electron chi connectivity index (χ4n) is 5.86. The summed E-state index contributed by atoms with van der Waals surface area (Å²) in [5.41, 5.74) is 1.26. The van der Waals surface area contributed by atoms with Crippen LogP contribution in [0.2, 0.25) is 0 Å². The molecule has 0 aliphatic carbocycles. The summed E-state index contributed by atoms with van der Waals surface area (Å²) in [7, 11) is 0. The molecule has 0 amide bonds. The van der Waals surface area contributed by atoms with E-state index in [0.717, 1.165) is 22.0 Å². The van der Waals surface area contributed by atoms with Crippen molar-refractivity contribution in [2.45, 2.75) is 18.0 Å². The standard InChI is InChI=1S/C31H20FN3O/c32-23-13-10-21(11-14-23)28-29(30(36)22-7-2-1-3-8-22)35-26-16-12-20-6-4-5-9-24(20)25(26)15-17-27(35)31(28,18-33)19-34/h1-17,27-29H. The zero-order valence-corrected chi connectivity index (χ0v) is 19.2. The van der Waals surface area contributed by atoms with Gasteiger partial charge in [-0.2, -0.15) is 10.5 Å². The molecule has 1 saturated heterocycles. The number of hydrogen-bond donors (Lipinski definition) is 0. The van der Waals surface area contributed by atoms with Crippen molar-refractivity contribution in [2.24, 2.45) is 5.41 Å². The normalized spacial score (nSPS) is 21.3. The number of nitriles is 2. The van der Waals surface area contributed by atoms with Gasteiger partial charge in [-0.3, -0.25) is 4.79 Å². The Kier molecular flexibility index (Phi) is 4.95. The first kappa shape index (κ1) is 21.8. The van der Waals surface area contributed by atoms with E-state index in [-0.39, 0.29) is 5.78 Å². The summed E-state index contributed by atoms with van der Waals surface area (Å²) in [6, 6.07) is 29.8. The minimum absolute atomic E-state index is 0.184. The molecule has 2 heterocycles. The zero-order valence-electron chi connectivity index (χ0n) is 19.2. The van der Waals surface area contributed by atoms with Crippen molar-refractivity contribution in [3.05, 3.63) is 120 Å². The van der Waals surface area contributed by atoms with Gasteiger partial charge in [0.1, 0.15) is 11.9 Å². The molecule has 4 nitrogen and oxygen atoms in total. The Morgan fingerprint density at radius 3 is 2.28 bits per heavy atom. The van der Waals surface area contributed by atoms with E-state index in [0.29, 0.717) is 11.1 Å². The van der Waals surface area contributed by atoms with Crippen molar-refractivity contribution in [1.29, 1.82) is 10.5 Å². The molecule has 4 aromatic carbocycles. The van der Waals surface area contributed by atoms with E-state index in [1.807, 2.05) is 59.5 Å². The second-order valence-corrected chi connectivity index (χ2v) is 9.23. The number of ketones is 1. The number of carbonyl (C=O) groups excluding carboxylic acids is 1. The largest absolute Gasteiger partial charge is 0.351 e. The summed E-state index contributed by atoms with van der Waals surface area (Å²) in [5, 5.41) is 23.1. The summed E-state index contributed by atoms with van der Waals surface area (Å²) < 4.78 is 13.9. The molecule has 1 fully saturated rings. The first-order valence-electron chi connectivity index (χ1n) is 11.7. The molecule has 0 N–H and O–H groups in total. The molecule has 172 valence electrons. The van der Waals surface area contributed by atoms with Gasteiger partial charge in [0.15, 0.2) is 11.2 Å². The van der Waals surface area contributed by atoms with Crippen LogP contribution in [0.15, 0.2) is 97.1 Å². The highest BCUT2D eigenvalue weighted by atomic mass is 19.1. The van der Waals surface area contributed by atoms with Crippen LogP contribution in [-0.2, 0) is 0 Å². The van der Waals surface area contributed by atoms with Crippen LogP contribution in [0.4, 0.5) is 10.1 Å². The lowest BCUT2D eigenvalue weighted by Crippen LogP contribution is -2.44. The second kappa shape index (κ2) is 8.18. The topological polar surface area (TPSA) is 67.9 Å². The van der Waals surface area contributed by atoms with Crippen LogP contribution in [0.3, 0.4) is 0 Å². The van der Waals surface area contributed by atoms with Gasteiger partial charge in [0.05, 0.1) is 18.2 Å². The molecular formula is C31H20FN3O. The molecule has 5 heteroatoms. The minimum Gasteiger partial charge on any atom is -0.351 e. The number of halogens is 1. The van der Waals surface area contributed by atoms with Crippen LogP contribution in [-0.4, -0.2) is 17.9 Å². The highest BCUT2D eigenvalue weighted by Gasteiger charge is 2.63. The summed E-state index contributed by atoms with van der Waals surface area (Å²) in [5.74, 6) is -1.40. The van der Waals surface area contributed by atoms with E-state index in [4.69, 9.17) is 0 Å². The molecular weight excluding hydrogens is 449 g/mol. The van der Waals surface area contributed by atoms with Crippen molar-refractivity contribution in [3.63, 3.8) is 0 Å². The maximum atomic E-state index is 14.2. The number of Topliss-reactive ketones (excluding diaryl/α,β-unsaturated/α-hetero) is 1. The van der Waals surface area contributed by atoms with Gasteiger partial charge >= 0.3 is 0 Å². The Hall–Kier alpha value is -4.74. The Balaban J connectivity index is 1.64. The van der Waals surface area contributed by atoms with Gasteiger partial charge in [-0.1, -0.05) is 84.9 Å². The van der Waals surface area contributed by atoms with Gasteiger partial charge < -0.3 is 4.90 Å². The maximum Gasteiger partial charge on any atom is 0.185 e. The van der Waals surface area contributed by atoms with Gasteiger partial charge in [-0.25, -0.2) is 4.39 Å². The monoisotopic (exact) mass is 469 g/mol. The highest BCUT2D eigenvalue weighted by Crippen LogP contribution is 2.56. The molecule has 0 aromatic heterocycles. The van der Waals surface area contributed by atoms with Crippen LogP contribution in [0.5, 0.6) is 0 Å². The van der Waals surface area contributed by atoms with Crippen LogP contribution in [0, 0.1) is 33.9 Å². The molecule has 0 saturated carbocycles. The SMILES string of the molecule is N#CC1(C#N)C(c2ccc(F)cc2)C(C(=O)c2ccccc2)N2c3ccc4ccccc4c3C=CC21. The zero-order chi connectivity index (χ0) is 24.9. The molecule has 3 unspecified atom stereocenters. The van der Waals surface area contributed by atoms with Crippen LogP contribution >= 0.6 is 0 Å². The summed E-state index contributed by atoms with van der Waals surface area (Å²) in [6.07, 6.45) is 3.83. The predicted octanol–water partition coefficient (Wildman–Crippen LogP) is 6.26. The van der Waals surface area contributed by atoms with Crippen molar-refractivity contribution in [3.8, 4) is 12.1 Å². The van der Waals surface area contributed by atoms with E-state index >= 15 is 0 Å². The second-order valence-electron chi connectivity index (χ2n) is 9.23. The summed E-state index contributed by atoms with van der Waals surface area (Å²) in [4.78, 5) is 16.1. The van der Waals surface area contributed by atoms with Crippen molar-refractivity contribution in [2.75, 3.05) is 4.90 Å². The Morgan fingerprint density at radius 1 is 0.861 bits per heavy atom. The Morgan fingerprint density at radius 2 is 1.56 bits per heavy atom. The molecule has 2 aliphatic heterocycles. The lowest BCUT2D eigenvalue weighted by atomic mass is 9.69. The van der Waals surface area contributed by atoms with Gasteiger partial charge in [-0.05, 0) is 34.5 Å². The molecule has 4 aromatic rings. The smallest absolute Gasteiger partial charge is 0.185 e. The fraction of sp³-hybridized carbons (Fsp3) is 0.129. The summed E-state index contributed by atoms with van der Waals surface area (Å²) in [6.45, 7) is 0. The summed E-state index contributed by atoms with van der Waals surface area (Å²) >= 11 is 0. The number of carbonyl (C=O) groups is 1. The number of fused-ring (bicyclic) bond motifs is 5. The third-order valence-corrected chi connectivity index (χ3v) is 7.47. The van der Waals surface area contributed by atoms with E-state index in [1.54, 1.807) is 36.4 Å². The number of hydrogen-bond acceptors (Lipinski definition) is 4. The maximum absolute atomic E-state index is 14.2. The van der Waals surface area contributed by atoms with Crippen molar-refractivity contribution in [1.82, 2.24) is 0 Å². The average Bonchev–Trinajstić information content (AvgIpc) is 3.24. The van der Waals surface area contributed by atoms with E-state index in [2.05, 4.69) is 12.1 Å². The Labute approximate surface area is 208 Å². The van der Waals surface area contributed by atoms with E-state index in [1.165, 1.54) is 12.1 Å². The van der Waals surface area contributed by atoms with Crippen LogP contribution in [0.1, 0.15) is 27.4 Å². The molecule has 0 spiro atoms. The first-order valence-corrected chi connectivity index (χ1v) is 11.7. The van der Waals surface area contributed by atoms with Crippen LogP contribution < -0.4 is 4.90 Å². The first-order chi connectivity index (χ1) is 17.6. The minimum atomic E-state index is -1.56. The lowest BCUT2D eigenvalue weighted by Gasteiger charge is -2.36. The lowest BCUT2D eigenvalue weighted by molar-refractivity contribution is 0.0951. The predicted molar refractivity (Wildman–Crippen MR) is 137 cm³/mol. The quantitative estimate of drug-likeness (QED) is 0.332. The fourth-order valence-corrected chi connectivity index (χ4v) is 5.86. The van der Waals surface area contributed by atoms with Gasteiger partial charge in [-0.15, -0.1) is 0 Å². The van der Waals surface area contributed by atoms with E-state index in [9.17, 15) is 19.7 Å². The van der Waals surface area contributed by atoms with Crippen LogP contribution in [0.25, 0.3) is 16.8 Å². The molecule has 2 aliphatic rings. The van der Waals surface area contributed by atoms with Gasteiger partial charge in [0, 0.05) is 22.7 Å². The van der Waals surface area contributed by atoms with E-state index < -0.39 is 29.2 Å². The van der Waals surface area contributed by atoms with Crippen molar-refractivity contribution < 1.29 is 9.18 Å². The number of nitrogens with zero attached hydrogens (tertiary/aromatic N) is 3. The van der Waals surface area contributed by atoms with Crippen molar-refractivity contribution >= 4 is 28.3 Å². The average molecular weight is 470 g/mol.